The molecule has 0 saturated heterocycles. The maximum Gasteiger partial charge on any atom is 0.224 e. The number of nitrogens with zero attached hydrogens (tertiary/aromatic N) is 1. The van der Waals surface area contributed by atoms with Crippen molar-refractivity contribution >= 4 is 11.9 Å². The van der Waals surface area contributed by atoms with Crippen molar-refractivity contribution in [3.63, 3.8) is 0 Å². The van der Waals surface area contributed by atoms with E-state index in [4.69, 9.17) is 9.15 Å². The Morgan fingerprint density at radius 3 is 2.71 bits per heavy atom. The fourth-order valence-corrected chi connectivity index (χ4v) is 2.45. The molecule has 3 N–H and O–H groups in total. The van der Waals surface area contributed by atoms with Crippen LogP contribution in [0.1, 0.15) is 17.7 Å². The summed E-state index contributed by atoms with van der Waals surface area (Å²) in [7, 11) is 1.69. The minimum atomic E-state index is -0.340. The number of ether oxygens (including phenoxy) is 1. The molecule has 0 aliphatic rings. The highest BCUT2D eigenvalue weighted by molar-refractivity contribution is 5.80. The summed E-state index contributed by atoms with van der Waals surface area (Å²) in [6.07, 6.45) is 2.61. The highest BCUT2D eigenvalue weighted by Gasteiger charge is 2.04. The zero-order valence-corrected chi connectivity index (χ0v) is 16.0. The van der Waals surface area contributed by atoms with Gasteiger partial charge < -0.3 is 25.1 Å². The van der Waals surface area contributed by atoms with Crippen molar-refractivity contribution in [2.75, 3.05) is 33.3 Å². The topological polar surface area (TPSA) is 87.9 Å². The van der Waals surface area contributed by atoms with E-state index in [9.17, 15) is 9.18 Å². The maximum absolute atomic E-state index is 13.1. The molecule has 0 aliphatic carbocycles. The second kappa shape index (κ2) is 12.5. The highest BCUT2D eigenvalue weighted by atomic mass is 19.1. The molecule has 2 aromatic rings. The molecule has 8 heteroatoms. The van der Waals surface area contributed by atoms with Crippen LogP contribution in [0.5, 0.6) is 0 Å². The number of benzene rings is 1. The number of halogens is 1. The Kier molecular flexibility index (Phi) is 9.57. The Bertz CT molecular complexity index is 735. The molecule has 1 aromatic carbocycles. The lowest BCUT2D eigenvalue weighted by Crippen LogP contribution is -2.42. The summed E-state index contributed by atoms with van der Waals surface area (Å²) in [5.41, 5.74) is 0.650. The lowest BCUT2D eigenvalue weighted by atomic mass is 10.1. The molecule has 0 bridgehead atoms. The summed E-state index contributed by atoms with van der Waals surface area (Å²) in [5, 5.41) is 9.09. The minimum absolute atomic E-state index is 0.149. The summed E-state index contributed by atoms with van der Waals surface area (Å²) in [6.45, 7) is 2.77. The quantitative estimate of drug-likeness (QED) is 0.310. The van der Waals surface area contributed by atoms with Crippen LogP contribution in [0.15, 0.2) is 52.1 Å². The lowest BCUT2D eigenvalue weighted by Gasteiger charge is -2.12. The first-order chi connectivity index (χ1) is 13.7. The monoisotopic (exact) mass is 390 g/mol. The van der Waals surface area contributed by atoms with Crippen molar-refractivity contribution in [1.82, 2.24) is 16.0 Å². The Morgan fingerprint density at radius 1 is 1.14 bits per heavy atom. The summed E-state index contributed by atoms with van der Waals surface area (Å²) in [5.74, 6) is 0.979. The molecule has 1 heterocycles. The maximum atomic E-state index is 13.1. The number of rotatable bonds is 11. The number of hydrogen-bond donors (Lipinski definition) is 3. The molecule has 1 amide bonds. The number of nitrogens with one attached hydrogen (secondary N) is 3. The van der Waals surface area contributed by atoms with E-state index in [1.807, 2.05) is 12.1 Å². The second-order valence-corrected chi connectivity index (χ2v) is 6.07. The first-order valence-electron chi connectivity index (χ1n) is 9.23. The first-order valence-corrected chi connectivity index (χ1v) is 9.23. The fourth-order valence-electron chi connectivity index (χ4n) is 2.45. The van der Waals surface area contributed by atoms with Gasteiger partial charge in [0, 0.05) is 33.3 Å². The molecule has 0 unspecified atom stereocenters. The molecule has 28 heavy (non-hydrogen) atoms. The van der Waals surface area contributed by atoms with Crippen LogP contribution in [-0.2, 0) is 22.6 Å². The molecule has 1 aromatic heterocycles. The van der Waals surface area contributed by atoms with Gasteiger partial charge in [0.05, 0.1) is 12.7 Å². The third kappa shape index (κ3) is 8.68. The van der Waals surface area contributed by atoms with E-state index in [1.165, 1.54) is 12.1 Å². The highest BCUT2D eigenvalue weighted by Crippen LogP contribution is 2.04. The molecule has 0 saturated carbocycles. The average Bonchev–Trinajstić information content (AvgIpc) is 3.19. The largest absolute Gasteiger partial charge is 0.467 e. The van der Waals surface area contributed by atoms with Gasteiger partial charge in [-0.3, -0.25) is 9.79 Å². The molecule has 0 radical (unpaired) electrons. The van der Waals surface area contributed by atoms with Gasteiger partial charge in [0.25, 0.3) is 0 Å². The van der Waals surface area contributed by atoms with E-state index in [0.717, 1.165) is 12.2 Å². The van der Waals surface area contributed by atoms with E-state index in [-0.39, 0.29) is 18.1 Å². The average molecular weight is 390 g/mol. The molecule has 152 valence electrons. The van der Waals surface area contributed by atoms with Crippen LogP contribution < -0.4 is 16.0 Å². The van der Waals surface area contributed by atoms with Crippen molar-refractivity contribution < 1.29 is 18.3 Å². The number of aliphatic imine (C=N–C) groups is 1. The van der Waals surface area contributed by atoms with Gasteiger partial charge in [0.15, 0.2) is 5.96 Å². The normalized spacial score (nSPS) is 11.3. The van der Waals surface area contributed by atoms with Gasteiger partial charge in [-0.1, -0.05) is 12.1 Å². The van der Waals surface area contributed by atoms with Crippen molar-refractivity contribution in [3.05, 3.63) is 59.8 Å². The SMILES string of the molecule is CN=C(NCCCOCc1ccco1)NCCNC(=O)Cc1cccc(F)c1. The number of hydrogen-bond acceptors (Lipinski definition) is 4. The lowest BCUT2D eigenvalue weighted by molar-refractivity contribution is -0.120. The summed E-state index contributed by atoms with van der Waals surface area (Å²) >= 11 is 0. The van der Waals surface area contributed by atoms with E-state index in [1.54, 1.807) is 25.4 Å². The van der Waals surface area contributed by atoms with Crippen LogP contribution in [-0.4, -0.2) is 45.2 Å². The van der Waals surface area contributed by atoms with E-state index in [2.05, 4.69) is 20.9 Å². The van der Waals surface area contributed by atoms with Crippen LogP contribution in [0.2, 0.25) is 0 Å². The molecule has 0 fully saturated rings. The fraction of sp³-hybridized carbons (Fsp3) is 0.400. The van der Waals surface area contributed by atoms with Gasteiger partial charge in [-0.05, 0) is 36.2 Å². The predicted octanol–water partition coefficient (Wildman–Crippen LogP) is 1.85. The van der Waals surface area contributed by atoms with Crippen LogP contribution in [0.25, 0.3) is 0 Å². The van der Waals surface area contributed by atoms with Gasteiger partial charge in [-0.2, -0.15) is 0 Å². The molecular formula is C20H27FN4O3. The summed E-state index contributed by atoms with van der Waals surface area (Å²) in [6, 6.07) is 9.75. The Hall–Kier alpha value is -2.87. The van der Waals surface area contributed by atoms with Crippen LogP contribution in [0.3, 0.4) is 0 Å². The van der Waals surface area contributed by atoms with Gasteiger partial charge in [0.1, 0.15) is 18.2 Å². The van der Waals surface area contributed by atoms with E-state index in [0.29, 0.717) is 44.4 Å². The number of amides is 1. The van der Waals surface area contributed by atoms with Gasteiger partial charge in [-0.15, -0.1) is 0 Å². The molecule has 7 nitrogen and oxygen atoms in total. The Balaban J connectivity index is 1.50. The third-order valence-corrected chi connectivity index (χ3v) is 3.80. The standard InChI is InChI=1S/C20H27FN4O3/c1-22-20(24-8-4-11-27-15-18-7-3-12-28-18)25-10-9-23-19(26)14-16-5-2-6-17(21)13-16/h2-3,5-7,12-13H,4,8-11,14-15H2,1H3,(H,23,26)(H2,22,24,25). The van der Waals surface area contributed by atoms with Crippen molar-refractivity contribution in [1.29, 1.82) is 0 Å². The van der Waals surface area contributed by atoms with Gasteiger partial charge in [-0.25, -0.2) is 4.39 Å². The molecule has 0 spiro atoms. The van der Waals surface area contributed by atoms with Gasteiger partial charge in [0.2, 0.25) is 5.91 Å². The summed E-state index contributed by atoms with van der Waals surface area (Å²) < 4.78 is 23.8. The first kappa shape index (κ1) is 21.4. The zero-order valence-electron chi connectivity index (χ0n) is 16.0. The van der Waals surface area contributed by atoms with Crippen LogP contribution >= 0.6 is 0 Å². The van der Waals surface area contributed by atoms with Crippen LogP contribution in [0, 0.1) is 5.82 Å². The van der Waals surface area contributed by atoms with Gasteiger partial charge >= 0.3 is 0 Å². The van der Waals surface area contributed by atoms with Crippen LogP contribution in [0.4, 0.5) is 4.39 Å². The Labute approximate surface area is 164 Å². The smallest absolute Gasteiger partial charge is 0.224 e. The predicted molar refractivity (Wildman–Crippen MR) is 105 cm³/mol. The van der Waals surface area contributed by atoms with E-state index < -0.39 is 0 Å². The summed E-state index contributed by atoms with van der Waals surface area (Å²) in [4.78, 5) is 16.0. The third-order valence-electron chi connectivity index (χ3n) is 3.80. The minimum Gasteiger partial charge on any atom is -0.467 e. The molecule has 2 rings (SSSR count). The number of furan rings is 1. The van der Waals surface area contributed by atoms with Crippen molar-refractivity contribution in [2.24, 2.45) is 4.99 Å². The Morgan fingerprint density at radius 2 is 1.96 bits per heavy atom. The number of guanidine groups is 1. The second-order valence-electron chi connectivity index (χ2n) is 6.07. The zero-order chi connectivity index (χ0) is 20.0. The molecular weight excluding hydrogens is 363 g/mol. The number of carbonyl (C=O) groups excluding carboxylic acids is 1. The van der Waals surface area contributed by atoms with Crippen molar-refractivity contribution in [2.45, 2.75) is 19.4 Å². The van der Waals surface area contributed by atoms with E-state index >= 15 is 0 Å². The molecule has 0 aliphatic heterocycles. The van der Waals surface area contributed by atoms with Crippen molar-refractivity contribution in [3.8, 4) is 0 Å². The molecule has 0 atom stereocenters. The number of carbonyl (C=O) groups is 1.